The van der Waals surface area contributed by atoms with Crippen molar-refractivity contribution in [2.45, 2.75) is 24.6 Å². The lowest BCUT2D eigenvalue weighted by Crippen LogP contribution is -2.29. The number of methoxy groups -OCH3 is 1. The van der Waals surface area contributed by atoms with E-state index in [2.05, 4.69) is 44.6 Å². The molecule has 0 amide bonds. The molecule has 96 valence electrons. The topological polar surface area (TPSA) is 38.2 Å². The standard InChI is InChI=1S/C12H20BrN3O/c1-9(2)11-5-12(15-8-14-11)16(3)6-10(13)7-17-4/h5,8-10H,6-7H2,1-4H3. The minimum absolute atomic E-state index is 0.301. The molecule has 1 unspecified atom stereocenters. The molecule has 0 aliphatic rings. The molecule has 0 N–H and O–H groups in total. The van der Waals surface area contributed by atoms with Crippen molar-refractivity contribution < 1.29 is 4.74 Å². The first-order valence-electron chi connectivity index (χ1n) is 5.70. The van der Waals surface area contributed by atoms with Crippen LogP contribution in [0.1, 0.15) is 25.5 Å². The first-order chi connectivity index (χ1) is 8.04. The van der Waals surface area contributed by atoms with Gasteiger partial charge in [-0.25, -0.2) is 9.97 Å². The highest BCUT2D eigenvalue weighted by Gasteiger charge is 2.11. The van der Waals surface area contributed by atoms with E-state index in [9.17, 15) is 0 Å². The average Bonchev–Trinajstić information content (AvgIpc) is 2.29. The van der Waals surface area contributed by atoms with E-state index in [1.54, 1.807) is 13.4 Å². The number of hydrogen-bond acceptors (Lipinski definition) is 4. The molecule has 0 fully saturated rings. The maximum Gasteiger partial charge on any atom is 0.131 e. The third-order valence-corrected chi connectivity index (χ3v) is 3.03. The molecule has 5 heteroatoms. The average molecular weight is 302 g/mol. The van der Waals surface area contributed by atoms with E-state index >= 15 is 0 Å². The first-order valence-corrected chi connectivity index (χ1v) is 6.62. The lowest BCUT2D eigenvalue weighted by molar-refractivity contribution is 0.201. The van der Waals surface area contributed by atoms with Crippen molar-refractivity contribution in [3.05, 3.63) is 18.1 Å². The van der Waals surface area contributed by atoms with Crippen LogP contribution in [-0.4, -0.2) is 42.1 Å². The number of anilines is 1. The fraction of sp³-hybridized carbons (Fsp3) is 0.667. The van der Waals surface area contributed by atoms with Crippen molar-refractivity contribution in [3.8, 4) is 0 Å². The summed E-state index contributed by atoms with van der Waals surface area (Å²) in [6.45, 7) is 5.80. The predicted molar refractivity (Wildman–Crippen MR) is 74.0 cm³/mol. The molecule has 0 aliphatic carbocycles. The van der Waals surface area contributed by atoms with Gasteiger partial charge in [-0.2, -0.15) is 0 Å². The van der Waals surface area contributed by atoms with E-state index in [0.29, 0.717) is 17.4 Å². The second-order valence-corrected chi connectivity index (χ2v) is 5.68. The largest absolute Gasteiger partial charge is 0.383 e. The van der Waals surface area contributed by atoms with Crippen molar-refractivity contribution in [3.63, 3.8) is 0 Å². The quantitative estimate of drug-likeness (QED) is 0.757. The van der Waals surface area contributed by atoms with E-state index in [4.69, 9.17) is 4.74 Å². The molecule has 0 bridgehead atoms. The summed E-state index contributed by atoms with van der Waals surface area (Å²) in [5.41, 5.74) is 1.07. The normalized spacial score (nSPS) is 12.8. The Morgan fingerprint density at radius 2 is 2.12 bits per heavy atom. The Morgan fingerprint density at radius 1 is 1.41 bits per heavy atom. The Balaban J connectivity index is 2.68. The van der Waals surface area contributed by atoms with Gasteiger partial charge in [0.15, 0.2) is 0 Å². The summed E-state index contributed by atoms with van der Waals surface area (Å²) in [5.74, 6) is 1.37. The van der Waals surface area contributed by atoms with Crippen LogP contribution < -0.4 is 4.90 Å². The highest BCUT2D eigenvalue weighted by molar-refractivity contribution is 9.09. The van der Waals surface area contributed by atoms with Crippen LogP contribution in [-0.2, 0) is 4.74 Å². The number of ether oxygens (including phenoxy) is 1. The number of aromatic nitrogens is 2. The van der Waals surface area contributed by atoms with Gasteiger partial charge in [0, 0.05) is 32.5 Å². The molecule has 0 saturated heterocycles. The molecule has 0 aliphatic heterocycles. The van der Waals surface area contributed by atoms with E-state index in [0.717, 1.165) is 18.1 Å². The summed E-state index contributed by atoms with van der Waals surface area (Å²) >= 11 is 3.57. The molecule has 0 saturated carbocycles. The molecule has 0 radical (unpaired) electrons. The second-order valence-electron chi connectivity index (χ2n) is 4.39. The fourth-order valence-corrected chi connectivity index (χ4v) is 2.21. The van der Waals surface area contributed by atoms with Crippen LogP contribution in [0.2, 0.25) is 0 Å². The SMILES string of the molecule is COCC(Br)CN(C)c1cc(C(C)C)ncn1. The van der Waals surface area contributed by atoms with Gasteiger partial charge in [0.2, 0.25) is 0 Å². The Hall–Kier alpha value is -0.680. The third kappa shape index (κ3) is 4.60. The molecule has 1 heterocycles. The summed E-state index contributed by atoms with van der Waals surface area (Å²) in [4.78, 5) is 11.0. The molecule has 17 heavy (non-hydrogen) atoms. The number of halogens is 1. The molecule has 1 aromatic heterocycles. The van der Waals surface area contributed by atoms with Crippen molar-refractivity contribution in [1.29, 1.82) is 0 Å². The minimum atomic E-state index is 0.301. The van der Waals surface area contributed by atoms with E-state index in [1.807, 2.05) is 13.1 Å². The van der Waals surface area contributed by atoms with Gasteiger partial charge in [0.25, 0.3) is 0 Å². The van der Waals surface area contributed by atoms with Gasteiger partial charge >= 0.3 is 0 Å². The number of alkyl halides is 1. The highest BCUT2D eigenvalue weighted by atomic mass is 79.9. The minimum Gasteiger partial charge on any atom is -0.383 e. The zero-order valence-electron chi connectivity index (χ0n) is 10.9. The Morgan fingerprint density at radius 3 is 2.71 bits per heavy atom. The molecule has 1 atom stereocenters. The first kappa shape index (κ1) is 14.4. The summed E-state index contributed by atoms with van der Waals surface area (Å²) < 4.78 is 5.10. The molecule has 1 rings (SSSR count). The Kier molecular flexibility index (Phi) is 5.85. The van der Waals surface area contributed by atoms with E-state index in [1.165, 1.54) is 0 Å². The summed E-state index contributed by atoms with van der Waals surface area (Å²) in [6.07, 6.45) is 1.63. The molecule has 0 spiro atoms. The molecule has 0 aromatic carbocycles. The van der Waals surface area contributed by atoms with Gasteiger partial charge in [-0.05, 0) is 5.92 Å². The Bertz CT molecular complexity index is 346. The lowest BCUT2D eigenvalue weighted by atomic mass is 10.1. The molecule has 1 aromatic rings. The van der Waals surface area contributed by atoms with Crippen LogP contribution in [0.5, 0.6) is 0 Å². The second kappa shape index (κ2) is 6.91. The number of hydrogen-bond donors (Lipinski definition) is 0. The lowest BCUT2D eigenvalue weighted by Gasteiger charge is -2.21. The van der Waals surface area contributed by atoms with Crippen molar-refractivity contribution >= 4 is 21.7 Å². The predicted octanol–water partition coefficient (Wildman–Crippen LogP) is 2.45. The van der Waals surface area contributed by atoms with E-state index in [-0.39, 0.29) is 0 Å². The van der Waals surface area contributed by atoms with Gasteiger partial charge in [-0.3, -0.25) is 0 Å². The maximum atomic E-state index is 5.10. The van der Waals surface area contributed by atoms with Crippen molar-refractivity contribution in [2.24, 2.45) is 0 Å². The van der Waals surface area contributed by atoms with Gasteiger partial charge in [0.1, 0.15) is 12.1 Å². The molecular formula is C12H20BrN3O. The summed E-state index contributed by atoms with van der Waals surface area (Å²) in [7, 11) is 3.73. The van der Waals surface area contributed by atoms with Gasteiger partial charge in [-0.15, -0.1) is 0 Å². The molecule has 4 nitrogen and oxygen atoms in total. The third-order valence-electron chi connectivity index (χ3n) is 2.48. The number of rotatable bonds is 6. The van der Waals surface area contributed by atoms with Crippen LogP contribution in [0.4, 0.5) is 5.82 Å². The summed E-state index contributed by atoms with van der Waals surface area (Å²) in [6, 6.07) is 2.04. The van der Waals surface area contributed by atoms with Gasteiger partial charge in [-0.1, -0.05) is 29.8 Å². The van der Waals surface area contributed by atoms with Crippen LogP contribution >= 0.6 is 15.9 Å². The smallest absolute Gasteiger partial charge is 0.131 e. The highest BCUT2D eigenvalue weighted by Crippen LogP contribution is 2.17. The summed E-state index contributed by atoms with van der Waals surface area (Å²) in [5, 5.41) is 0. The zero-order valence-corrected chi connectivity index (χ0v) is 12.4. The monoisotopic (exact) mass is 301 g/mol. The Labute approximate surface area is 112 Å². The molecular weight excluding hydrogens is 282 g/mol. The maximum absolute atomic E-state index is 5.10. The van der Waals surface area contributed by atoms with E-state index < -0.39 is 0 Å². The fourth-order valence-electron chi connectivity index (χ4n) is 1.51. The van der Waals surface area contributed by atoms with Crippen LogP contribution in [0.25, 0.3) is 0 Å². The van der Waals surface area contributed by atoms with Crippen molar-refractivity contribution in [2.75, 3.05) is 32.2 Å². The van der Waals surface area contributed by atoms with Crippen LogP contribution in [0, 0.1) is 0 Å². The zero-order chi connectivity index (χ0) is 12.8. The van der Waals surface area contributed by atoms with Crippen molar-refractivity contribution in [1.82, 2.24) is 9.97 Å². The number of nitrogens with zero attached hydrogens (tertiary/aromatic N) is 3. The van der Waals surface area contributed by atoms with Crippen LogP contribution in [0.15, 0.2) is 12.4 Å². The van der Waals surface area contributed by atoms with Crippen LogP contribution in [0.3, 0.4) is 0 Å². The van der Waals surface area contributed by atoms with Gasteiger partial charge in [0.05, 0.1) is 11.4 Å². The van der Waals surface area contributed by atoms with Gasteiger partial charge < -0.3 is 9.64 Å².